The van der Waals surface area contributed by atoms with Gasteiger partial charge in [0.15, 0.2) is 0 Å². The summed E-state index contributed by atoms with van der Waals surface area (Å²) >= 11 is 0. The van der Waals surface area contributed by atoms with Crippen molar-refractivity contribution in [1.29, 1.82) is 0 Å². The lowest BCUT2D eigenvalue weighted by Gasteiger charge is -2.17. The van der Waals surface area contributed by atoms with Crippen molar-refractivity contribution >= 4 is 11.6 Å². The van der Waals surface area contributed by atoms with E-state index in [0.717, 1.165) is 24.0 Å². The molecule has 4 heteroatoms. The van der Waals surface area contributed by atoms with E-state index >= 15 is 0 Å². The summed E-state index contributed by atoms with van der Waals surface area (Å²) in [5, 5.41) is 3.09. The molecule has 0 aromatic carbocycles. The van der Waals surface area contributed by atoms with Crippen LogP contribution in [-0.2, 0) is 0 Å². The van der Waals surface area contributed by atoms with Crippen LogP contribution in [0.1, 0.15) is 31.5 Å². The molecule has 1 N–H and O–H groups in total. The first-order valence-corrected chi connectivity index (χ1v) is 5.52. The van der Waals surface area contributed by atoms with E-state index in [-0.39, 0.29) is 0 Å². The summed E-state index contributed by atoms with van der Waals surface area (Å²) in [5.74, 6) is 3.53. The van der Waals surface area contributed by atoms with Crippen LogP contribution in [0.15, 0.2) is 6.07 Å². The van der Waals surface area contributed by atoms with Crippen LogP contribution in [0.3, 0.4) is 0 Å². The molecule has 1 aromatic rings. The molecule has 0 atom stereocenters. The molecule has 0 spiro atoms. The van der Waals surface area contributed by atoms with Gasteiger partial charge in [-0.2, -0.15) is 0 Å². The van der Waals surface area contributed by atoms with Crippen LogP contribution in [0.4, 0.5) is 11.6 Å². The van der Waals surface area contributed by atoms with Crippen molar-refractivity contribution in [1.82, 2.24) is 9.97 Å². The number of nitrogens with zero attached hydrogens (tertiary/aromatic N) is 3. The zero-order valence-corrected chi connectivity index (χ0v) is 9.62. The molecule has 0 unspecified atom stereocenters. The van der Waals surface area contributed by atoms with Crippen LogP contribution in [0.25, 0.3) is 0 Å². The third kappa shape index (κ3) is 2.19. The summed E-state index contributed by atoms with van der Waals surface area (Å²) in [7, 11) is 3.95. The van der Waals surface area contributed by atoms with E-state index in [1.54, 1.807) is 0 Å². The molecule has 4 nitrogen and oxygen atoms in total. The summed E-state index contributed by atoms with van der Waals surface area (Å²) in [6, 6.07) is 2.00. The molecule has 0 radical (unpaired) electrons. The van der Waals surface area contributed by atoms with Gasteiger partial charge in [0.1, 0.15) is 17.5 Å². The maximum Gasteiger partial charge on any atom is 0.136 e. The molecule has 15 heavy (non-hydrogen) atoms. The smallest absolute Gasteiger partial charge is 0.136 e. The van der Waals surface area contributed by atoms with Gasteiger partial charge < -0.3 is 10.2 Å². The molecule has 1 saturated carbocycles. The quantitative estimate of drug-likeness (QED) is 0.816. The van der Waals surface area contributed by atoms with Crippen LogP contribution < -0.4 is 10.2 Å². The highest BCUT2D eigenvalue weighted by Crippen LogP contribution is 2.39. The van der Waals surface area contributed by atoms with Gasteiger partial charge in [0, 0.05) is 32.6 Å². The fourth-order valence-electron chi connectivity index (χ4n) is 1.46. The van der Waals surface area contributed by atoms with Crippen molar-refractivity contribution < 1.29 is 0 Å². The molecule has 82 valence electrons. The highest BCUT2D eigenvalue weighted by Gasteiger charge is 2.27. The van der Waals surface area contributed by atoms with Gasteiger partial charge in [-0.15, -0.1) is 0 Å². The van der Waals surface area contributed by atoms with E-state index in [1.807, 2.05) is 13.1 Å². The fourth-order valence-corrected chi connectivity index (χ4v) is 1.46. The Hall–Kier alpha value is -1.32. The Bertz CT molecular complexity index is 346. The summed E-state index contributed by atoms with van der Waals surface area (Å²) in [5.41, 5.74) is 0. The average molecular weight is 206 g/mol. The minimum absolute atomic E-state index is 0.599. The monoisotopic (exact) mass is 206 g/mol. The molecular weight excluding hydrogens is 188 g/mol. The lowest BCUT2D eigenvalue weighted by Crippen LogP contribution is -2.18. The number of nitrogens with one attached hydrogen (secondary N) is 1. The molecule has 0 amide bonds. The van der Waals surface area contributed by atoms with E-state index < -0.39 is 0 Å². The van der Waals surface area contributed by atoms with E-state index in [2.05, 4.69) is 34.2 Å². The Morgan fingerprint density at radius 1 is 1.47 bits per heavy atom. The maximum absolute atomic E-state index is 4.59. The zero-order chi connectivity index (χ0) is 10.8. The number of aromatic nitrogens is 2. The van der Waals surface area contributed by atoms with E-state index in [1.165, 1.54) is 12.8 Å². The fraction of sp³-hybridized carbons (Fsp3) is 0.636. The topological polar surface area (TPSA) is 41.0 Å². The van der Waals surface area contributed by atoms with Gasteiger partial charge in [0.05, 0.1) is 0 Å². The van der Waals surface area contributed by atoms with E-state index in [4.69, 9.17) is 0 Å². The molecule has 0 bridgehead atoms. The predicted molar refractivity (Wildman–Crippen MR) is 62.5 cm³/mol. The van der Waals surface area contributed by atoms with Crippen LogP contribution >= 0.6 is 0 Å². The molecule has 2 rings (SSSR count). The first-order valence-electron chi connectivity index (χ1n) is 5.52. The Morgan fingerprint density at radius 3 is 2.73 bits per heavy atom. The molecule has 0 aliphatic heterocycles. The van der Waals surface area contributed by atoms with Gasteiger partial charge in [0.25, 0.3) is 0 Å². The van der Waals surface area contributed by atoms with Crippen LogP contribution in [0.2, 0.25) is 0 Å². The summed E-state index contributed by atoms with van der Waals surface area (Å²) in [6.07, 6.45) is 2.48. The Labute approximate surface area is 90.7 Å². The standard InChI is InChI=1S/C11H18N4/c1-4-15(3)10-7-9(12-2)13-11(14-10)8-5-6-8/h7-8H,4-6H2,1-3H3,(H,12,13,14). The van der Waals surface area contributed by atoms with Crippen LogP contribution in [0.5, 0.6) is 0 Å². The van der Waals surface area contributed by atoms with Crippen LogP contribution in [-0.4, -0.2) is 30.6 Å². The third-order valence-electron chi connectivity index (χ3n) is 2.79. The van der Waals surface area contributed by atoms with Gasteiger partial charge in [-0.05, 0) is 19.8 Å². The second-order valence-electron chi connectivity index (χ2n) is 4.01. The highest BCUT2D eigenvalue weighted by molar-refractivity contribution is 5.49. The Kier molecular flexibility index (Phi) is 2.75. The maximum atomic E-state index is 4.59. The summed E-state index contributed by atoms with van der Waals surface area (Å²) < 4.78 is 0. The first-order chi connectivity index (χ1) is 7.24. The number of hydrogen-bond donors (Lipinski definition) is 1. The summed E-state index contributed by atoms with van der Waals surface area (Å²) in [6.45, 7) is 3.09. The summed E-state index contributed by atoms with van der Waals surface area (Å²) in [4.78, 5) is 11.2. The van der Waals surface area contributed by atoms with Gasteiger partial charge >= 0.3 is 0 Å². The molecule has 1 aliphatic carbocycles. The second-order valence-corrected chi connectivity index (χ2v) is 4.01. The van der Waals surface area contributed by atoms with Crippen molar-refractivity contribution in [2.45, 2.75) is 25.7 Å². The minimum atomic E-state index is 0.599. The van der Waals surface area contributed by atoms with Gasteiger partial charge in [-0.25, -0.2) is 9.97 Å². The van der Waals surface area contributed by atoms with E-state index in [9.17, 15) is 0 Å². The van der Waals surface area contributed by atoms with Crippen molar-refractivity contribution in [3.05, 3.63) is 11.9 Å². The van der Waals surface area contributed by atoms with Crippen molar-refractivity contribution in [2.24, 2.45) is 0 Å². The lowest BCUT2D eigenvalue weighted by atomic mass is 10.3. The second kappa shape index (κ2) is 4.04. The first kappa shape index (κ1) is 10.2. The van der Waals surface area contributed by atoms with Gasteiger partial charge in [-0.1, -0.05) is 0 Å². The van der Waals surface area contributed by atoms with Crippen molar-refractivity contribution in [2.75, 3.05) is 30.9 Å². The zero-order valence-electron chi connectivity index (χ0n) is 9.62. The molecule has 1 heterocycles. The van der Waals surface area contributed by atoms with Crippen LogP contribution in [0, 0.1) is 0 Å². The molecule has 1 aromatic heterocycles. The lowest BCUT2D eigenvalue weighted by molar-refractivity contribution is 0.876. The predicted octanol–water partition coefficient (Wildman–Crippen LogP) is 1.85. The minimum Gasteiger partial charge on any atom is -0.373 e. The number of rotatable bonds is 4. The largest absolute Gasteiger partial charge is 0.373 e. The molecule has 0 saturated heterocycles. The third-order valence-corrected chi connectivity index (χ3v) is 2.79. The Balaban J connectivity index is 2.32. The highest BCUT2D eigenvalue weighted by atomic mass is 15.2. The molecule has 1 fully saturated rings. The van der Waals surface area contributed by atoms with Crippen molar-refractivity contribution in [3.63, 3.8) is 0 Å². The van der Waals surface area contributed by atoms with Gasteiger partial charge in [-0.3, -0.25) is 0 Å². The molecule has 1 aliphatic rings. The SMILES string of the molecule is CCN(C)c1cc(NC)nc(C2CC2)n1. The number of hydrogen-bond acceptors (Lipinski definition) is 4. The van der Waals surface area contributed by atoms with Gasteiger partial charge in [0.2, 0.25) is 0 Å². The average Bonchev–Trinajstić information content (AvgIpc) is 3.11. The normalized spacial score (nSPS) is 15.1. The molecular formula is C11H18N4. The van der Waals surface area contributed by atoms with E-state index in [0.29, 0.717) is 5.92 Å². The number of anilines is 2. The van der Waals surface area contributed by atoms with Crippen molar-refractivity contribution in [3.8, 4) is 0 Å². The Morgan fingerprint density at radius 2 is 2.20 bits per heavy atom.